The van der Waals surface area contributed by atoms with Crippen LogP contribution in [0.25, 0.3) is 0 Å². The van der Waals surface area contributed by atoms with E-state index in [1.54, 1.807) is 19.2 Å². The van der Waals surface area contributed by atoms with Crippen molar-refractivity contribution < 1.29 is 13.2 Å². The van der Waals surface area contributed by atoms with Gasteiger partial charge in [0.2, 0.25) is 0 Å². The van der Waals surface area contributed by atoms with Crippen molar-refractivity contribution in [3.63, 3.8) is 0 Å². The minimum Gasteiger partial charge on any atom is -0.383 e. The van der Waals surface area contributed by atoms with Crippen LogP contribution in [0.1, 0.15) is 12.5 Å². The van der Waals surface area contributed by atoms with Gasteiger partial charge in [-0.05, 0) is 32.2 Å². The molecule has 0 heterocycles. The lowest BCUT2D eigenvalue weighted by atomic mass is 10.2. The minimum atomic E-state index is -3.37. The molecular formula is C14H20N2O3S. The first-order valence-electron chi connectivity index (χ1n) is 6.33. The molecule has 0 aliphatic heterocycles. The predicted molar refractivity (Wildman–Crippen MR) is 77.2 cm³/mol. The Morgan fingerprint density at radius 2 is 2.15 bits per heavy atom. The first-order chi connectivity index (χ1) is 9.40. The summed E-state index contributed by atoms with van der Waals surface area (Å²) in [5.74, 6) is 0.0203. The van der Waals surface area contributed by atoms with Crippen molar-refractivity contribution in [2.24, 2.45) is 0 Å². The molecule has 1 rings (SSSR count). The maximum Gasteiger partial charge on any atom is 0.179 e. The first kappa shape index (κ1) is 16.6. The number of nitriles is 1. The lowest BCUT2D eigenvalue weighted by molar-refractivity contribution is 0.119. The third-order valence-corrected chi connectivity index (χ3v) is 4.89. The van der Waals surface area contributed by atoms with Gasteiger partial charge in [-0.2, -0.15) is 5.26 Å². The Labute approximate surface area is 120 Å². The van der Waals surface area contributed by atoms with Gasteiger partial charge in [-0.25, -0.2) is 8.42 Å². The Morgan fingerprint density at radius 3 is 2.75 bits per heavy atom. The van der Waals surface area contributed by atoms with Gasteiger partial charge in [0.05, 0.1) is 28.9 Å². The van der Waals surface area contributed by atoms with E-state index in [0.29, 0.717) is 18.7 Å². The van der Waals surface area contributed by atoms with E-state index in [1.807, 2.05) is 24.9 Å². The number of nitrogens with zero attached hydrogens (tertiary/aromatic N) is 2. The number of sulfone groups is 1. The largest absolute Gasteiger partial charge is 0.383 e. The van der Waals surface area contributed by atoms with Crippen molar-refractivity contribution in [2.75, 3.05) is 33.1 Å². The highest BCUT2D eigenvalue weighted by Gasteiger charge is 2.17. The second-order valence-electron chi connectivity index (χ2n) is 4.74. The van der Waals surface area contributed by atoms with Gasteiger partial charge in [-0.15, -0.1) is 0 Å². The molecule has 6 heteroatoms. The summed E-state index contributed by atoms with van der Waals surface area (Å²) in [5.41, 5.74) is 0.354. The quantitative estimate of drug-likeness (QED) is 0.758. The molecular weight excluding hydrogens is 276 g/mol. The van der Waals surface area contributed by atoms with Crippen LogP contribution in [0.15, 0.2) is 29.2 Å². The van der Waals surface area contributed by atoms with Crippen molar-refractivity contribution in [2.45, 2.75) is 17.9 Å². The molecule has 0 saturated carbocycles. The number of hydrogen-bond donors (Lipinski definition) is 0. The van der Waals surface area contributed by atoms with E-state index in [2.05, 4.69) is 0 Å². The smallest absolute Gasteiger partial charge is 0.179 e. The summed E-state index contributed by atoms with van der Waals surface area (Å²) in [6.07, 6.45) is 0. The molecule has 0 aliphatic rings. The fourth-order valence-corrected chi connectivity index (χ4v) is 3.09. The van der Waals surface area contributed by atoms with Gasteiger partial charge in [-0.3, -0.25) is 0 Å². The summed E-state index contributed by atoms with van der Waals surface area (Å²) < 4.78 is 29.5. The summed E-state index contributed by atoms with van der Waals surface area (Å²) in [7, 11) is 0.115. The molecule has 0 spiro atoms. The molecule has 1 unspecified atom stereocenters. The van der Waals surface area contributed by atoms with Crippen LogP contribution in [0.4, 0.5) is 0 Å². The zero-order valence-electron chi connectivity index (χ0n) is 12.0. The summed E-state index contributed by atoms with van der Waals surface area (Å²) in [6, 6.07) is 8.21. The number of rotatable bonds is 7. The topological polar surface area (TPSA) is 70.4 Å². The van der Waals surface area contributed by atoms with Crippen molar-refractivity contribution >= 4 is 9.84 Å². The van der Waals surface area contributed by atoms with Crippen molar-refractivity contribution in [3.05, 3.63) is 29.8 Å². The third-order valence-electron chi connectivity index (χ3n) is 3.20. The van der Waals surface area contributed by atoms with Crippen molar-refractivity contribution in [1.82, 2.24) is 4.90 Å². The summed E-state index contributed by atoms with van der Waals surface area (Å²) in [6.45, 7) is 2.95. The number of hydrogen-bond acceptors (Lipinski definition) is 5. The first-order valence-corrected chi connectivity index (χ1v) is 7.98. The Hall–Kier alpha value is -1.42. The van der Waals surface area contributed by atoms with E-state index in [1.165, 1.54) is 12.1 Å². The van der Waals surface area contributed by atoms with E-state index in [4.69, 9.17) is 10.00 Å². The molecule has 0 aromatic heterocycles. The van der Waals surface area contributed by atoms with Crippen LogP contribution in [0.3, 0.4) is 0 Å². The van der Waals surface area contributed by atoms with Crippen LogP contribution >= 0.6 is 0 Å². The number of methoxy groups -OCH3 is 1. The highest BCUT2D eigenvalue weighted by Crippen LogP contribution is 2.13. The van der Waals surface area contributed by atoms with Gasteiger partial charge in [0, 0.05) is 19.7 Å². The molecule has 5 nitrogen and oxygen atoms in total. The molecule has 0 amide bonds. The van der Waals surface area contributed by atoms with Gasteiger partial charge < -0.3 is 9.64 Å². The molecule has 0 N–H and O–H groups in total. The lowest BCUT2D eigenvalue weighted by Gasteiger charge is -2.23. The molecule has 0 radical (unpaired) electrons. The molecule has 1 atom stereocenters. The molecule has 0 aliphatic carbocycles. The molecule has 1 aromatic rings. The van der Waals surface area contributed by atoms with E-state index in [0.717, 1.165) is 0 Å². The van der Waals surface area contributed by atoms with Crippen LogP contribution in [0.2, 0.25) is 0 Å². The lowest BCUT2D eigenvalue weighted by Crippen LogP contribution is -2.36. The van der Waals surface area contributed by atoms with Crippen LogP contribution < -0.4 is 0 Å². The monoisotopic (exact) mass is 296 g/mol. The van der Waals surface area contributed by atoms with Crippen LogP contribution in [0, 0.1) is 11.3 Å². The Balaban J connectivity index is 2.73. The third kappa shape index (κ3) is 4.60. The van der Waals surface area contributed by atoms with E-state index in [9.17, 15) is 8.42 Å². The second-order valence-corrected chi connectivity index (χ2v) is 6.85. The molecule has 0 saturated heterocycles. The number of ether oxygens (including phenoxy) is 1. The highest BCUT2D eigenvalue weighted by molar-refractivity contribution is 7.91. The molecule has 0 fully saturated rings. The Bertz CT molecular complexity index is 578. The van der Waals surface area contributed by atoms with Gasteiger partial charge in [0.15, 0.2) is 9.84 Å². The van der Waals surface area contributed by atoms with Gasteiger partial charge in [0.25, 0.3) is 0 Å². The fraction of sp³-hybridized carbons (Fsp3) is 0.500. The van der Waals surface area contributed by atoms with Crippen molar-refractivity contribution in [3.8, 4) is 6.07 Å². The molecule has 0 bridgehead atoms. The zero-order chi connectivity index (χ0) is 15.2. The van der Waals surface area contributed by atoms with Crippen molar-refractivity contribution in [1.29, 1.82) is 5.26 Å². The number of likely N-dealkylation sites (N-methyl/N-ethyl adjacent to an activating group) is 1. The van der Waals surface area contributed by atoms with E-state index >= 15 is 0 Å². The van der Waals surface area contributed by atoms with Gasteiger partial charge in [-0.1, -0.05) is 6.07 Å². The average Bonchev–Trinajstić information content (AvgIpc) is 2.45. The second kappa shape index (κ2) is 7.39. The van der Waals surface area contributed by atoms with Crippen LogP contribution in [-0.4, -0.2) is 52.4 Å². The normalized spacial score (nSPS) is 13.2. The zero-order valence-corrected chi connectivity index (χ0v) is 12.9. The Morgan fingerprint density at radius 1 is 1.45 bits per heavy atom. The molecule has 110 valence electrons. The predicted octanol–water partition coefficient (Wildman–Crippen LogP) is 1.30. The van der Waals surface area contributed by atoms with Gasteiger partial charge in [0.1, 0.15) is 0 Å². The van der Waals surface area contributed by atoms with Crippen LogP contribution in [0.5, 0.6) is 0 Å². The summed E-state index contributed by atoms with van der Waals surface area (Å²) in [4.78, 5) is 2.14. The number of benzene rings is 1. The summed E-state index contributed by atoms with van der Waals surface area (Å²) >= 11 is 0. The van der Waals surface area contributed by atoms with Crippen LogP contribution in [-0.2, 0) is 14.6 Å². The molecule has 1 aromatic carbocycles. The molecule has 20 heavy (non-hydrogen) atoms. The van der Waals surface area contributed by atoms with Gasteiger partial charge >= 0.3 is 0 Å². The SMILES string of the molecule is COCC(C)N(C)CCS(=O)(=O)c1cccc(C#N)c1. The van der Waals surface area contributed by atoms with E-state index < -0.39 is 9.84 Å². The highest BCUT2D eigenvalue weighted by atomic mass is 32.2. The average molecular weight is 296 g/mol. The maximum absolute atomic E-state index is 12.2. The maximum atomic E-state index is 12.2. The Kier molecular flexibility index (Phi) is 6.14. The minimum absolute atomic E-state index is 0.0203. The standard InChI is InChI=1S/C14H20N2O3S/c1-12(11-19-3)16(2)7-8-20(17,18)14-6-4-5-13(9-14)10-15/h4-6,9,12H,7-8,11H2,1-3H3. The fourth-order valence-electron chi connectivity index (χ4n) is 1.73. The summed E-state index contributed by atoms with van der Waals surface area (Å²) in [5, 5.41) is 8.81. The van der Waals surface area contributed by atoms with E-state index in [-0.39, 0.29) is 16.7 Å².